The summed E-state index contributed by atoms with van der Waals surface area (Å²) in [7, 11) is 0. The Morgan fingerprint density at radius 1 is 1.19 bits per heavy atom. The zero-order valence-electron chi connectivity index (χ0n) is 16.5. The number of aromatic nitrogens is 3. The van der Waals surface area contributed by atoms with Crippen molar-refractivity contribution in [2.75, 3.05) is 0 Å². The van der Waals surface area contributed by atoms with Gasteiger partial charge in [0.1, 0.15) is 5.82 Å². The summed E-state index contributed by atoms with van der Waals surface area (Å²) in [6.07, 6.45) is 0. The number of rotatable bonds is 7. The SMILES string of the molecule is Cc1ccc(Cl)cc1-n1c(CNC(=O)c2cccs2)nnc1SCc1ccc(F)cc1. The molecule has 31 heavy (non-hydrogen) atoms. The van der Waals surface area contributed by atoms with E-state index in [0.29, 0.717) is 26.6 Å². The van der Waals surface area contributed by atoms with Gasteiger partial charge in [0, 0.05) is 10.8 Å². The number of hydrogen-bond donors (Lipinski definition) is 1. The summed E-state index contributed by atoms with van der Waals surface area (Å²) in [5.41, 5.74) is 2.81. The zero-order valence-corrected chi connectivity index (χ0v) is 18.9. The van der Waals surface area contributed by atoms with Crippen molar-refractivity contribution in [3.05, 3.63) is 92.6 Å². The van der Waals surface area contributed by atoms with E-state index in [1.165, 1.54) is 35.2 Å². The molecule has 0 aliphatic rings. The third-order valence-electron chi connectivity index (χ3n) is 4.55. The largest absolute Gasteiger partial charge is 0.344 e. The zero-order chi connectivity index (χ0) is 21.8. The van der Waals surface area contributed by atoms with Gasteiger partial charge in [-0.3, -0.25) is 9.36 Å². The Bertz CT molecular complexity index is 1190. The summed E-state index contributed by atoms with van der Waals surface area (Å²) < 4.78 is 15.1. The van der Waals surface area contributed by atoms with Gasteiger partial charge in [0.2, 0.25) is 0 Å². The highest BCUT2D eigenvalue weighted by Crippen LogP contribution is 2.28. The van der Waals surface area contributed by atoms with Crippen molar-refractivity contribution in [2.24, 2.45) is 0 Å². The van der Waals surface area contributed by atoms with Gasteiger partial charge >= 0.3 is 0 Å². The van der Waals surface area contributed by atoms with Crippen LogP contribution in [0.3, 0.4) is 0 Å². The summed E-state index contributed by atoms with van der Waals surface area (Å²) in [6.45, 7) is 2.20. The number of hydrogen-bond acceptors (Lipinski definition) is 5. The molecule has 0 bridgehead atoms. The molecule has 4 rings (SSSR count). The second kappa shape index (κ2) is 9.64. The Balaban J connectivity index is 1.62. The van der Waals surface area contributed by atoms with E-state index in [1.807, 2.05) is 41.1 Å². The minimum atomic E-state index is -0.268. The van der Waals surface area contributed by atoms with Crippen LogP contribution in [0.25, 0.3) is 5.69 Å². The van der Waals surface area contributed by atoms with Gasteiger partial charge in [-0.05, 0) is 53.8 Å². The van der Waals surface area contributed by atoms with E-state index in [-0.39, 0.29) is 18.3 Å². The summed E-state index contributed by atoms with van der Waals surface area (Å²) in [5.74, 6) is 0.763. The summed E-state index contributed by atoms with van der Waals surface area (Å²) in [5, 5.41) is 14.7. The fraction of sp³-hybridized carbons (Fsp3) is 0.136. The molecule has 0 radical (unpaired) electrons. The number of nitrogens with one attached hydrogen (secondary N) is 1. The molecule has 0 fully saturated rings. The van der Waals surface area contributed by atoms with E-state index in [0.717, 1.165) is 16.8 Å². The van der Waals surface area contributed by atoms with E-state index in [2.05, 4.69) is 15.5 Å². The number of benzene rings is 2. The van der Waals surface area contributed by atoms with Gasteiger partial charge in [0.25, 0.3) is 5.91 Å². The van der Waals surface area contributed by atoms with Crippen molar-refractivity contribution >= 4 is 40.6 Å². The monoisotopic (exact) mass is 472 g/mol. The highest BCUT2D eigenvalue weighted by Gasteiger charge is 2.18. The lowest BCUT2D eigenvalue weighted by Crippen LogP contribution is -2.24. The van der Waals surface area contributed by atoms with E-state index in [9.17, 15) is 9.18 Å². The third kappa shape index (κ3) is 5.15. The van der Waals surface area contributed by atoms with Gasteiger partial charge in [-0.15, -0.1) is 21.5 Å². The van der Waals surface area contributed by atoms with Crippen LogP contribution in [0.5, 0.6) is 0 Å². The van der Waals surface area contributed by atoms with E-state index >= 15 is 0 Å². The maximum absolute atomic E-state index is 13.2. The van der Waals surface area contributed by atoms with Crippen molar-refractivity contribution < 1.29 is 9.18 Å². The molecule has 0 aliphatic carbocycles. The highest BCUT2D eigenvalue weighted by atomic mass is 35.5. The highest BCUT2D eigenvalue weighted by molar-refractivity contribution is 7.98. The predicted octanol–water partition coefficient (Wildman–Crippen LogP) is 5.65. The Hall–Kier alpha value is -2.68. The predicted molar refractivity (Wildman–Crippen MR) is 123 cm³/mol. The molecule has 5 nitrogen and oxygen atoms in total. The van der Waals surface area contributed by atoms with Gasteiger partial charge in [-0.1, -0.05) is 47.6 Å². The van der Waals surface area contributed by atoms with Crippen molar-refractivity contribution in [1.29, 1.82) is 0 Å². The lowest BCUT2D eigenvalue weighted by molar-refractivity contribution is 0.0953. The maximum atomic E-state index is 13.2. The molecule has 158 valence electrons. The number of halogens is 2. The summed E-state index contributed by atoms with van der Waals surface area (Å²) in [6, 6.07) is 15.6. The van der Waals surface area contributed by atoms with E-state index < -0.39 is 0 Å². The van der Waals surface area contributed by atoms with Gasteiger partial charge in [0.15, 0.2) is 11.0 Å². The number of carbonyl (C=O) groups excluding carboxylic acids is 1. The molecule has 0 saturated carbocycles. The fourth-order valence-electron chi connectivity index (χ4n) is 2.96. The number of nitrogens with zero attached hydrogens (tertiary/aromatic N) is 3. The van der Waals surface area contributed by atoms with E-state index in [1.54, 1.807) is 18.2 Å². The van der Waals surface area contributed by atoms with Crippen molar-refractivity contribution in [2.45, 2.75) is 24.4 Å². The van der Waals surface area contributed by atoms with Crippen LogP contribution < -0.4 is 5.32 Å². The second-order valence-electron chi connectivity index (χ2n) is 6.74. The van der Waals surface area contributed by atoms with Gasteiger partial charge in [-0.2, -0.15) is 0 Å². The lowest BCUT2D eigenvalue weighted by atomic mass is 10.2. The van der Waals surface area contributed by atoms with E-state index in [4.69, 9.17) is 11.6 Å². The van der Waals surface area contributed by atoms with Crippen LogP contribution in [0, 0.1) is 12.7 Å². The molecule has 0 unspecified atom stereocenters. The lowest BCUT2D eigenvalue weighted by Gasteiger charge is -2.14. The Kier molecular flexibility index (Phi) is 6.70. The molecule has 1 N–H and O–H groups in total. The molecule has 0 atom stereocenters. The minimum absolute atomic E-state index is 0.159. The molecule has 0 aliphatic heterocycles. The molecular weight excluding hydrogens is 455 g/mol. The molecule has 0 spiro atoms. The average Bonchev–Trinajstić information content (AvgIpc) is 3.44. The first-order valence-electron chi connectivity index (χ1n) is 9.41. The van der Waals surface area contributed by atoms with Gasteiger partial charge in [0.05, 0.1) is 17.1 Å². The van der Waals surface area contributed by atoms with Crippen LogP contribution in [0.2, 0.25) is 5.02 Å². The van der Waals surface area contributed by atoms with Crippen molar-refractivity contribution in [1.82, 2.24) is 20.1 Å². The van der Waals surface area contributed by atoms with Crippen LogP contribution in [-0.2, 0) is 12.3 Å². The first-order chi connectivity index (χ1) is 15.0. The average molecular weight is 473 g/mol. The molecule has 2 aromatic carbocycles. The van der Waals surface area contributed by atoms with Crippen LogP contribution in [0.1, 0.15) is 26.6 Å². The van der Waals surface area contributed by atoms with Crippen LogP contribution in [0.4, 0.5) is 4.39 Å². The topological polar surface area (TPSA) is 59.8 Å². The first kappa shape index (κ1) is 21.5. The Morgan fingerprint density at radius 3 is 2.74 bits per heavy atom. The molecule has 2 aromatic heterocycles. The summed E-state index contributed by atoms with van der Waals surface area (Å²) >= 11 is 9.12. The summed E-state index contributed by atoms with van der Waals surface area (Å²) in [4.78, 5) is 13.0. The molecule has 1 amide bonds. The second-order valence-corrected chi connectivity index (χ2v) is 9.07. The standard InChI is InChI=1S/C22H18ClFN4OS2/c1-14-4-7-16(23)11-18(14)28-20(12-25-21(29)19-3-2-10-30-19)26-27-22(28)31-13-15-5-8-17(24)9-6-15/h2-11H,12-13H2,1H3,(H,25,29). The Labute approximate surface area is 192 Å². The van der Waals surface area contributed by atoms with Gasteiger partial charge < -0.3 is 5.32 Å². The normalized spacial score (nSPS) is 10.9. The molecule has 4 aromatic rings. The third-order valence-corrected chi connectivity index (χ3v) is 6.65. The van der Waals surface area contributed by atoms with Crippen LogP contribution in [0.15, 0.2) is 65.1 Å². The van der Waals surface area contributed by atoms with Crippen LogP contribution >= 0.6 is 34.7 Å². The smallest absolute Gasteiger partial charge is 0.261 e. The van der Waals surface area contributed by atoms with Crippen molar-refractivity contribution in [3.8, 4) is 5.69 Å². The quantitative estimate of drug-likeness (QED) is 0.353. The fourth-order valence-corrected chi connectivity index (χ4v) is 4.68. The molecular formula is C22H18ClFN4OS2. The molecule has 2 heterocycles. The molecule has 0 saturated heterocycles. The number of thioether (sulfide) groups is 1. The first-order valence-corrected chi connectivity index (χ1v) is 11.7. The number of aryl methyl sites for hydroxylation is 1. The maximum Gasteiger partial charge on any atom is 0.261 e. The number of thiophene rings is 1. The minimum Gasteiger partial charge on any atom is -0.344 e. The van der Waals surface area contributed by atoms with Crippen molar-refractivity contribution in [3.63, 3.8) is 0 Å². The van der Waals surface area contributed by atoms with Gasteiger partial charge in [-0.25, -0.2) is 4.39 Å². The van der Waals surface area contributed by atoms with Crippen LogP contribution in [-0.4, -0.2) is 20.7 Å². The molecule has 9 heteroatoms. The number of carbonyl (C=O) groups is 1. The number of amides is 1. The Morgan fingerprint density at radius 2 is 2.00 bits per heavy atom.